The van der Waals surface area contributed by atoms with E-state index in [9.17, 15) is 9.59 Å². The lowest BCUT2D eigenvalue weighted by molar-refractivity contribution is -0.156. The van der Waals surface area contributed by atoms with Crippen LogP contribution in [0.4, 0.5) is 0 Å². The van der Waals surface area contributed by atoms with Crippen molar-refractivity contribution in [1.82, 2.24) is 0 Å². The van der Waals surface area contributed by atoms with Gasteiger partial charge in [-0.15, -0.1) is 0 Å². The molecule has 0 amide bonds. The van der Waals surface area contributed by atoms with Gasteiger partial charge >= 0.3 is 11.9 Å². The van der Waals surface area contributed by atoms with Crippen LogP contribution in [0, 0.1) is 11.8 Å². The van der Waals surface area contributed by atoms with E-state index in [2.05, 4.69) is 6.92 Å². The third-order valence-corrected chi connectivity index (χ3v) is 6.66. The van der Waals surface area contributed by atoms with E-state index in [0.29, 0.717) is 12.2 Å². The van der Waals surface area contributed by atoms with Gasteiger partial charge in [0, 0.05) is 5.56 Å². The fraction of sp³-hybridized carbons (Fsp3) is 0.680. The summed E-state index contributed by atoms with van der Waals surface area (Å²) >= 11 is 0. The largest absolute Gasteiger partial charge is 0.494 e. The molecular formula is C25H36O7. The second-order valence-electron chi connectivity index (χ2n) is 9.06. The van der Waals surface area contributed by atoms with Crippen molar-refractivity contribution < 1.29 is 34.0 Å². The lowest BCUT2D eigenvalue weighted by atomic mass is 9.78. The van der Waals surface area contributed by atoms with E-state index in [1.54, 1.807) is 24.3 Å². The first-order chi connectivity index (χ1) is 15.5. The highest BCUT2D eigenvalue weighted by Crippen LogP contribution is 2.35. The van der Waals surface area contributed by atoms with Gasteiger partial charge in [0.05, 0.1) is 6.61 Å². The summed E-state index contributed by atoms with van der Waals surface area (Å²) in [5.74, 6) is -0.230. The van der Waals surface area contributed by atoms with Gasteiger partial charge in [-0.3, -0.25) is 0 Å². The number of carboxylic acid groups (broad SMARTS) is 2. The summed E-state index contributed by atoms with van der Waals surface area (Å²) in [7, 11) is 0. The number of unbranched alkanes of at least 4 members (excludes halogenated alkanes) is 2. The van der Waals surface area contributed by atoms with Gasteiger partial charge in [-0.25, -0.2) is 9.59 Å². The summed E-state index contributed by atoms with van der Waals surface area (Å²) in [5, 5.41) is 18.2. The number of aliphatic carboxylic acids is 2. The van der Waals surface area contributed by atoms with Gasteiger partial charge in [0.1, 0.15) is 5.75 Å². The quantitative estimate of drug-likeness (QED) is 0.425. The van der Waals surface area contributed by atoms with Crippen LogP contribution in [0.2, 0.25) is 0 Å². The Hall–Kier alpha value is -2.12. The molecule has 0 bridgehead atoms. The van der Waals surface area contributed by atoms with E-state index < -0.39 is 30.4 Å². The molecule has 1 aliphatic heterocycles. The normalized spacial score (nSPS) is 26.2. The van der Waals surface area contributed by atoms with Gasteiger partial charge in [-0.2, -0.15) is 0 Å². The summed E-state index contributed by atoms with van der Waals surface area (Å²) < 4.78 is 16.4. The zero-order chi connectivity index (χ0) is 22.9. The van der Waals surface area contributed by atoms with Crippen LogP contribution >= 0.6 is 0 Å². The Morgan fingerprint density at radius 3 is 1.91 bits per heavy atom. The molecule has 1 aromatic carbocycles. The van der Waals surface area contributed by atoms with Crippen LogP contribution in [0.1, 0.15) is 83.0 Å². The monoisotopic (exact) mass is 448 g/mol. The predicted octanol–water partition coefficient (Wildman–Crippen LogP) is 5.18. The Morgan fingerprint density at radius 1 is 0.875 bits per heavy atom. The highest BCUT2D eigenvalue weighted by molar-refractivity contribution is 5.84. The second kappa shape index (κ2) is 12.2. The fourth-order valence-electron chi connectivity index (χ4n) is 4.75. The fourth-order valence-corrected chi connectivity index (χ4v) is 4.75. The lowest BCUT2D eigenvalue weighted by Crippen LogP contribution is -2.36. The molecule has 1 saturated heterocycles. The molecule has 0 spiro atoms. The Labute approximate surface area is 190 Å². The first-order valence-corrected chi connectivity index (χ1v) is 12.0. The molecule has 178 valence electrons. The van der Waals surface area contributed by atoms with Crippen molar-refractivity contribution >= 4 is 11.9 Å². The van der Waals surface area contributed by atoms with Crippen LogP contribution in [-0.4, -0.2) is 41.0 Å². The Kier molecular flexibility index (Phi) is 9.36. The molecule has 0 unspecified atom stereocenters. The minimum absolute atomic E-state index is 0.558. The summed E-state index contributed by atoms with van der Waals surface area (Å²) in [6, 6.07) is 6.97. The molecule has 0 radical (unpaired) electrons. The molecule has 1 aromatic rings. The molecule has 2 N–H and O–H groups in total. The predicted molar refractivity (Wildman–Crippen MR) is 119 cm³/mol. The third-order valence-electron chi connectivity index (χ3n) is 6.66. The number of ether oxygens (including phenoxy) is 3. The molecule has 7 nitrogen and oxygen atoms in total. The minimum Gasteiger partial charge on any atom is -0.494 e. The molecule has 3 rings (SSSR count). The zero-order valence-corrected chi connectivity index (χ0v) is 18.9. The smallest absolute Gasteiger partial charge is 0.336 e. The van der Waals surface area contributed by atoms with Crippen LogP contribution in [0.3, 0.4) is 0 Å². The van der Waals surface area contributed by atoms with Gasteiger partial charge in [0.15, 0.2) is 18.5 Å². The lowest BCUT2D eigenvalue weighted by Gasteiger charge is -2.28. The topological polar surface area (TPSA) is 102 Å². The van der Waals surface area contributed by atoms with E-state index in [4.69, 9.17) is 24.4 Å². The summed E-state index contributed by atoms with van der Waals surface area (Å²) in [4.78, 5) is 22.4. The van der Waals surface area contributed by atoms with Crippen LogP contribution in [0.15, 0.2) is 24.3 Å². The molecular weight excluding hydrogens is 412 g/mol. The average Bonchev–Trinajstić information content (AvgIpc) is 3.25. The summed E-state index contributed by atoms with van der Waals surface area (Å²) in [6.07, 6.45) is 9.08. The molecule has 32 heavy (non-hydrogen) atoms. The van der Waals surface area contributed by atoms with Crippen molar-refractivity contribution in [2.24, 2.45) is 11.8 Å². The standard InChI is InChI=1S/C25H36O7/c1-2-3-4-6-17-8-10-18(11-9-17)7-5-16-30-20-14-12-19(13-15-20)25-31-21(23(26)27)22(32-25)24(28)29/h12-15,17-18,21-22,25H,2-11,16H2,1H3,(H,26,27)(H,28,29)/t17?,18?,21-,22-/m1/s1. The molecule has 2 aliphatic rings. The van der Waals surface area contributed by atoms with Crippen molar-refractivity contribution in [3.63, 3.8) is 0 Å². The molecule has 7 heteroatoms. The number of hydrogen-bond donors (Lipinski definition) is 2. The number of benzene rings is 1. The maximum absolute atomic E-state index is 11.2. The van der Waals surface area contributed by atoms with E-state index in [0.717, 1.165) is 24.0 Å². The average molecular weight is 449 g/mol. The third kappa shape index (κ3) is 6.94. The maximum Gasteiger partial charge on any atom is 0.336 e. The minimum atomic E-state index is -1.53. The highest BCUT2D eigenvalue weighted by Gasteiger charge is 2.46. The Bertz CT molecular complexity index is 702. The Morgan fingerprint density at radius 2 is 1.41 bits per heavy atom. The van der Waals surface area contributed by atoms with E-state index in [1.165, 1.54) is 57.8 Å². The van der Waals surface area contributed by atoms with Crippen LogP contribution < -0.4 is 4.74 Å². The van der Waals surface area contributed by atoms with Gasteiger partial charge in [0.2, 0.25) is 0 Å². The van der Waals surface area contributed by atoms with Crippen molar-refractivity contribution in [3.8, 4) is 5.75 Å². The molecule has 1 saturated carbocycles. The first kappa shape index (κ1) is 24.5. The number of carbonyl (C=O) groups is 2. The van der Waals surface area contributed by atoms with Crippen molar-refractivity contribution in [3.05, 3.63) is 29.8 Å². The Balaban J connectivity index is 1.35. The number of hydrogen-bond acceptors (Lipinski definition) is 5. The van der Waals surface area contributed by atoms with Crippen LogP contribution in [0.5, 0.6) is 5.75 Å². The molecule has 2 atom stereocenters. The van der Waals surface area contributed by atoms with Crippen LogP contribution in [0.25, 0.3) is 0 Å². The van der Waals surface area contributed by atoms with Gasteiger partial charge < -0.3 is 24.4 Å². The molecule has 0 aromatic heterocycles. The first-order valence-electron chi connectivity index (χ1n) is 12.0. The van der Waals surface area contributed by atoms with E-state index in [1.807, 2.05) is 0 Å². The molecule has 1 heterocycles. The summed E-state index contributed by atoms with van der Waals surface area (Å²) in [6.45, 7) is 2.92. The number of carboxylic acids is 2. The summed E-state index contributed by atoms with van der Waals surface area (Å²) in [5.41, 5.74) is 0.558. The maximum atomic E-state index is 11.2. The van der Waals surface area contributed by atoms with Crippen molar-refractivity contribution in [2.45, 2.75) is 89.6 Å². The van der Waals surface area contributed by atoms with Gasteiger partial charge in [0.25, 0.3) is 0 Å². The van der Waals surface area contributed by atoms with Crippen LogP contribution in [-0.2, 0) is 19.1 Å². The van der Waals surface area contributed by atoms with Gasteiger partial charge in [-0.1, -0.05) is 70.4 Å². The molecule has 2 fully saturated rings. The van der Waals surface area contributed by atoms with Crippen molar-refractivity contribution in [1.29, 1.82) is 0 Å². The van der Waals surface area contributed by atoms with Gasteiger partial charge in [-0.05, 0) is 36.8 Å². The zero-order valence-electron chi connectivity index (χ0n) is 18.9. The van der Waals surface area contributed by atoms with Crippen molar-refractivity contribution in [2.75, 3.05) is 6.61 Å². The highest BCUT2D eigenvalue weighted by atomic mass is 16.7. The second-order valence-corrected chi connectivity index (χ2v) is 9.06. The van der Waals surface area contributed by atoms with E-state index in [-0.39, 0.29) is 0 Å². The SMILES string of the molecule is CCCCCC1CCC(CCCOc2ccc(C3O[C@@H](C(=O)O)[C@H](C(=O)O)O3)cc2)CC1. The number of rotatable bonds is 12. The molecule has 1 aliphatic carbocycles. The van der Waals surface area contributed by atoms with E-state index >= 15 is 0 Å².